The van der Waals surface area contributed by atoms with Crippen molar-refractivity contribution in [2.24, 2.45) is 5.73 Å². The van der Waals surface area contributed by atoms with Crippen LogP contribution in [0, 0.1) is 18.8 Å². The number of carbonyl (C=O) groups excluding carboxylic acids is 1. The Morgan fingerprint density at radius 1 is 1.50 bits per heavy atom. The number of amides is 1. The van der Waals surface area contributed by atoms with E-state index in [0.29, 0.717) is 18.7 Å². The van der Waals surface area contributed by atoms with E-state index < -0.39 is 0 Å². The van der Waals surface area contributed by atoms with Gasteiger partial charge in [0.25, 0.3) is 5.91 Å². The van der Waals surface area contributed by atoms with Gasteiger partial charge in [-0.2, -0.15) is 0 Å². The van der Waals surface area contributed by atoms with Crippen LogP contribution in [0.1, 0.15) is 28.4 Å². The Labute approximate surface area is 120 Å². The van der Waals surface area contributed by atoms with Crippen molar-refractivity contribution in [3.05, 3.63) is 34.9 Å². The first-order valence-corrected chi connectivity index (χ1v) is 6.57. The number of aryl methyl sites for hydroxylation is 1. The molecule has 0 heterocycles. The molecular weight excluding hydrogens is 252 g/mol. The lowest BCUT2D eigenvalue weighted by Gasteiger charge is -2.25. The lowest BCUT2D eigenvalue weighted by Crippen LogP contribution is -2.38. The quantitative estimate of drug-likeness (QED) is 0.845. The summed E-state index contributed by atoms with van der Waals surface area (Å²) in [6.45, 7) is 4.69. The van der Waals surface area contributed by atoms with Gasteiger partial charge in [0.15, 0.2) is 0 Å². The predicted octanol–water partition coefficient (Wildman–Crippen LogP) is 1.41. The van der Waals surface area contributed by atoms with Crippen molar-refractivity contribution in [2.45, 2.75) is 19.9 Å². The van der Waals surface area contributed by atoms with Gasteiger partial charge < -0.3 is 15.4 Å². The molecule has 0 radical (unpaired) electrons. The number of rotatable bonds is 4. The normalized spacial score (nSPS) is 11.4. The Morgan fingerprint density at radius 2 is 2.20 bits per heavy atom. The van der Waals surface area contributed by atoms with Gasteiger partial charge in [0.1, 0.15) is 0 Å². The molecule has 2 N–H and O–H groups in total. The molecule has 0 spiro atoms. The molecule has 1 unspecified atom stereocenters. The number of likely N-dealkylation sites (N-methyl/N-ethyl adjacent to an activating group) is 1. The molecule has 0 aromatic heterocycles. The molecule has 20 heavy (non-hydrogen) atoms. The van der Waals surface area contributed by atoms with Gasteiger partial charge in [-0.15, -0.1) is 0 Å². The first-order valence-electron chi connectivity index (χ1n) is 6.57. The fraction of sp³-hybridized carbons (Fsp3) is 0.438. The van der Waals surface area contributed by atoms with E-state index in [1.807, 2.05) is 32.0 Å². The molecule has 1 rings (SSSR count). The summed E-state index contributed by atoms with van der Waals surface area (Å²) in [4.78, 5) is 14.2. The van der Waals surface area contributed by atoms with Gasteiger partial charge in [-0.25, -0.2) is 0 Å². The van der Waals surface area contributed by atoms with Crippen molar-refractivity contribution in [3.8, 4) is 11.8 Å². The van der Waals surface area contributed by atoms with Crippen LogP contribution in [0.2, 0.25) is 0 Å². The topological polar surface area (TPSA) is 55.6 Å². The van der Waals surface area contributed by atoms with Crippen molar-refractivity contribution in [1.82, 2.24) is 4.90 Å². The van der Waals surface area contributed by atoms with Gasteiger partial charge >= 0.3 is 0 Å². The predicted molar refractivity (Wildman–Crippen MR) is 80.5 cm³/mol. The lowest BCUT2D eigenvalue weighted by atomic mass is 10.0. The number of benzene rings is 1. The van der Waals surface area contributed by atoms with Gasteiger partial charge in [-0.1, -0.05) is 17.9 Å². The van der Waals surface area contributed by atoms with Crippen LogP contribution in [-0.2, 0) is 4.74 Å². The molecule has 1 aromatic carbocycles. The molecule has 0 bridgehead atoms. The maximum absolute atomic E-state index is 12.5. The second-order valence-electron chi connectivity index (χ2n) is 4.76. The van der Waals surface area contributed by atoms with Gasteiger partial charge in [-0.05, 0) is 31.5 Å². The number of carbonyl (C=O) groups is 1. The Morgan fingerprint density at radius 3 is 2.80 bits per heavy atom. The van der Waals surface area contributed by atoms with E-state index in [4.69, 9.17) is 10.5 Å². The van der Waals surface area contributed by atoms with Gasteiger partial charge in [-0.3, -0.25) is 4.79 Å². The first-order chi connectivity index (χ1) is 9.51. The fourth-order valence-electron chi connectivity index (χ4n) is 1.83. The van der Waals surface area contributed by atoms with Gasteiger partial charge in [0, 0.05) is 25.3 Å². The zero-order valence-electron chi connectivity index (χ0n) is 12.6. The van der Waals surface area contributed by atoms with Crippen LogP contribution in [0.4, 0.5) is 0 Å². The van der Waals surface area contributed by atoms with E-state index >= 15 is 0 Å². The summed E-state index contributed by atoms with van der Waals surface area (Å²) in [6.07, 6.45) is 0. The first kappa shape index (κ1) is 16.2. The number of hydrogen-bond acceptors (Lipinski definition) is 3. The van der Waals surface area contributed by atoms with Gasteiger partial charge in [0.2, 0.25) is 0 Å². The highest BCUT2D eigenvalue weighted by Crippen LogP contribution is 2.14. The van der Waals surface area contributed by atoms with Crippen LogP contribution < -0.4 is 5.73 Å². The highest BCUT2D eigenvalue weighted by molar-refractivity contribution is 5.96. The number of nitrogens with two attached hydrogens (primary N) is 1. The van der Waals surface area contributed by atoms with E-state index in [-0.39, 0.29) is 11.9 Å². The van der Waals surface area contributed by atoms with Crippen LogP contribution in [-0.4, -0.2) is 44.2 Å². The maximum Gasteiger partial charge on any atom is 0.254 e. The van der Waals surface area contributed by atoms with Crippen LogP contribution in [0.5, 0.6) is 0 Å². The number of ether oxygens (including phenoxy) is 1. The zero-order valence-corrected chi connectivity index (χ0v) is 12.6. The van der Waals surface area contributed by atoms with Crippen molar-refractivity contribution in [2.75, 3.05) is 27.3 Å². The summed E-state index contributed by atoms with van der Waals surface area (Å²) in [6, 6.07) is 5.64. The SMILES string of the molecule is COCC(C)N(C)C(=O)c1cc(C#CCN)ccc1C. The molecule has 1 atom stereocenters. The van der Waals surface area contributed by atoms with Crippen LogP contribution in [0.15, 0.2) is 18.2 Å². The summed E-state index contributed by atoms with van der Waals surface area (Å²) in [5.74, 6) is 5.72. The highest BCUT2D eigenvalue weighted by atomic mass is 16.5. The zero-order chi connectivity index (χ0) is 15.1. The smallest absolute Gasteiger partial charge is 0.254 e. The highest BCUT2D eigenvalue weighted by Gasteiger charge is 2.19. The average molecular weight is 274 g/mol. The van der Waals surface area contributed by atoms with E-state index in [9.17, 15) is 4.79 Å². The number of nitrogens with zero attached hydrogens (tertiary/aromatic N) is 1. The molecule has 4 nitrogen and oxygen atoms in total. The summed E-state index contributed by atoms with van der Waals surface area (Å²) in [7, 11) is 3.41. The van der Waals surface area contributed by atoms with Crippen molar-refractivity contribution < 1.29 is 9.53 Å². The largest absolute Gasteiger partial charge is 0.383 e. The third-order valence-corrected chi connectivity index (χ3v) is 3.19. The molecular formula is C16H22N2O2. The second-order valence-corrected chi connectivity index (χ2v) is 4.76. The summed E-state index contributed by atoms with van der Waals surface area (Å²) in [5.41, 5.74) is 7.77. The Hall–Kier alpha value is -1.83. The minimum absolute atomic E-state index is 0.0192. The van der Waals surface area contributed by atoms with E-state index in [1.54, 1.807) is 19.1 Å². The Bertz CT molecular complexity index is 529. The molecule has 108 valence electrons. The minimum atomic E-state index is -0.0246. The van der Waals surface area contributed by atoms with E-state index in [0.717, 1.165) is 11.1 Å². The third kappa shape index (κ3) is 4.09. The lowest BCUT2D eigenvalue weighted by molar-refractivity contribution is 0.0633. The molecule has 0 aliphatic heterocycles. The van der Waals surface area contributed by atoms with Gasteiger partial charge in [0.05, 0.1) is 19.2 Å². The molecule has 0 saturated carbocycles. The molecule has 1 amide bonds. The molecule has 0 saturated heterocycles. The monoisotopic (exact) mass is 274 g/mol. The molecule has 0 aliphatic rings. The Balaban J connectivity index is 3.02. The van der Waals surface area contributed by atoms with Crippen molar-refractivity contribution in [3.63, 3.8) is 0 Å². The van der Waals surface area contributed by atoms with Crippen LogP contribution in [0.25, 0.3) is 0 Å². The second kappa shape index (κ2) is 7.68. The summed E-state index contributed by atoms with van der Waals surface area (Å²) >= 11 is 0. The van der Waals surface area contributed by atoms with E-state index in [1.165, 1.54) is 0 Å². The Kier molecular flexibility index (Phi) is 6.23. The summed E-state index contributed by atoms with van der Waals surface area (Å²) < 4.78 is 5.09. The third-order valence-electron chi connectivity index (χ3n) is 3.19. The van der Waals surface area contributed by atoms with E-state index in [2.05, 4.69) is 11.8 Å². The number of methoxy groups -OCH3 is 1. The van der Waals surface area contributed by atoms with Crippen LogP contribution in [0.3, 0.4) is 0 Å². The summed E-state index contributed by atoms with van der Waals surface area (Å²) in [5, 5.41) is 0. The molecule has 0 fully saturated rings. The standard InChI is InChI=1S/C16H22N2O2/c1-12-7-8-14(6-5-9-17)10-15(12)16(19)18(3)13(2)11-20-4/h7-8,10,13H,9,11,17H2,1-4H3. The molecule has 0 aliphatic carbocycles. The molecule has 1 aromatic rings. The van der Waals surface area contributed by atoms with Crippen LogP contribution >= 0.6 is 0 Å². The average Bonchev–Trinajstić information content (AvgIpc) is 2.45. The molecule has 4 heteroatoms. The number of hydrogen-bond donors (Lipinski definition) is 1. The fourth-order valence-corrected chi connectivity index (χ4v) is 1.83. The maximum atomic E-state index is 12.5. The van der Waals surface area contributed by atoms with Crippen molar-refractivity contribution in [1.29, 1.82) is 0 Å². The minimum Gasteiger partial charge on any atom is -0.383 e. The van der Waals surface area contributed by atoms with Crippen molar-refractivity contribution >= 4 is 5.91 Å².